The van der Waals surface area contributed by atoms with Gasteiger partial charge in [0.25, 0.3) is 5.69 Å². The number of aromatic nitrogens is 1. The summed E-state index contributed by atoms with van der Waals surface area (Å²) in [7, 11) is 0. The first kappa shape index (κ1) is 12.1. The molecule has 1 aromatic carbocycles. The summed E-state index contributed by atoms with van der Waals surface area (Å²) in [5.74, 6) is 0.597. The van der Waals surface area contributed by atoms with Crippen LogP contribution in [0.5, 0.6) is 11.6 Å². The van der Waals surface area contributed by atoms with E-state index >= 15 is 0 Å². The summed E-state index contributed by atoms with van der Waals surface area (Å²) >= 11 is 5.84. The number of nitrogens with zero attached hydrogens (tertiary/aromatic N) is 2. The number of pyridine rings is 1. The molecule has 2 rings (SSSR count). The van der Waals surface area contributed by atoms with E-state index in [-0.39, 0.29) is 16.6 Å². The molecule has 92 valence electrons. The normalized spacial score (nSPS) is 10.1. The number of nitro groups is 1. The summed E-state index contributed by atoms with van der Waals surface area (Å²) in [6.07, 6.45) is 1.08. The maximum Gasteiger partial charge on any atom is 0.289 e. The zero-order chi connectivity index (χ0) is 13.1. The van der Waals surface area contributed by atoms with Gasteiger partial charge in [-0.1, -0.05) is 11.6 Å². The lowest BCUT2D eigenvalue weighted by atomic mass is 10.3. The molecule has 2 aromatic rings. The molecule has 0 radical (unpaired) electrons. The van der Waals surface area contributed by atoms with Crippen molar-refractivity contribution in [1.82, 2.24) is 4.98 Å². The second-order valence-electron chi connectivity index (χ2n) is 3.41. The molecule has 2 N–H and O–H groups in total. The van der Waals surface area contributed by atoms with Crippen molar-refractivity contribution in [3.8, 4) is 11.6 Å². The number of hydrogen-bond donors (Lipinski definition) is 1. The molecule has 0 saturated carbocycles. The second kappa shape index (κ2) is 4.89. The van der Waals surface area contributed by atoms with Gasteiger partial charge < -0.3 is 10.5 Å². The number of anilines is 1. The summed E-state index contributed by atoms with van der Waals surface area (Å²) in [5.41, 5.74) is 5.94. The van der Waals surface area contributed by atoms with Crippen molar-refractivity contribution in [3.63, 3.8) is 0 Å². The van der Waals surface area contributed by atoms with E-state index in [0.29, 0.717) is 11.4 Å². The molecule has 0 amide bonds. The maximum atomic E-state index is 10.5. The highest BCUT2D eigenvalue weighted by atomic mass is 35.5. The number of nitrogen functional groups attached to an aromatic ring is 1. The van der Waals surface area contributed by atoms with E-state index in [0.717, 1.165) is 6.20 Å². The zero-order valence-corrected chi connectivity index (χ0v) is 9.79. The molecular formula is C11H8ClN3O3. The van der Waals surface area contributed by atoms with E-state index in [1.54, 1.807) is 24.3 Å². The Morgan fingerprint density at radius 1 is 1.33 bits per heavy atom. The Morgan fingerprint density at radius 3 is 2.56 bits per heavy atom. The van der Waals surface area contributed by atoms with Crippen LogP contribution >= 0.6 is 11.6 Å². The van der Waals surface area contributed by atoms with E-state index in [4.69, 9.17) is 22.1 Å². The Bertz CT molecular complexity index is 587. The van der Waals surface area contributed by atoms with Gasteiger partial charge in [-0.2, -0.15) is 0 Å². The fourth-order valence-corrected chi connectivity index (χ4v) is 1.44. The van der Waals surface area contributed by atoms with Gasteiger partial charge in [0.15, 0.2) is 0 Å². The topological polar surface area (TPSA) is 91.3 Å². The summed E-state index contributed by atoms with van der Waals surface area (Å²) in [6.45, 7) is 0. The van der Waals surface area contributed by atoms with Crippen LogP contribution in [-0.2, 0) is 0 Å². The molecular weight excluding hydrogens is 258 g/mol. The molecule has 1 aromatic heterocycles. The minimum absolute atomic E-state index is 0.0704. The first-order valence-electron chi connectivity index (χ1n) is 4.89. The van der Waals surface area contributed by atoms with Gasteiger partial charge >= 0.3 is 0 Å². The molecule has 1 heterocycles. The molecule has 18 heavy (non-hydrogen) atoms. The largest absolute Gasteiger partial charge is 0.438 e. The Morgan fingerprint density at radius 2 is 2.00 bits per heavy atom. The monoisotopic (exact) mass is 265 g/mol. The minimum atomic E-state index is -0.578. The molecule has 0 aliphatic carbocycles. The average molecular weight is 266 g/mol. The Hall–Kier alpha value is -2.34. The molecule has 0 bridgehead atoms. The van der Waals surface area contributed by atoms with E-state index in [1.165, 1.54) is 6.07 Å². The van der Waals surface area contributed by atoms with Crippen LogP contribution in [0.2, 0.25) is 5.02 Å². The van der Waals surface area contributed by atoms with Gasteiger partial charge in [0.2, 0.25) is 5.88 Å². The Kier molecular flexibility index (Phi) is 3.29. The molecule has 0 atom stereocenters. The highest BCUT2D eigenvalue weighted by molar-refractivity contribution is 6.32. The standard InChI is InChI=1S/C11H8ClN3O3/c12-10-5-8(15(16)17)6-14-11(10)18-9-3-1-7(13)2-4-9/h1-6H,13H2. The van der Waals surface area contributed by atoms with Gasteiger partial charge in [0.05, 0.1) is 4.92 Å². The van der Waals surface area contributed by atoms with E-state index in [2.05, 4.69) is 4.98 Å². The third-order valence-corrected chi connectivity index (χ3v) is 2.37. The number of benzene rings is 1. The average Bonchev–Trinajstić information content (AvgIpc) is 2.34. The second-order valence-corrected chi connectivity index (χ2v) is 3.82. The predicted molar refractivity (Wildman–Crippen MR) is 66.8 cm³/mol. The van der Waals surface area contributed by atoms with Crippen molar-refractivity contribution < 1.29 is 9.66 Å². The van der Waals surface area contributed by atoms with Crippen molar-refractivity contribution in [2.45, 2.75) is 0 Å². The van der Waals surface area contributed by atoms with Crippen molar-refractivity contribution >= 4 is 23.0 Å². The maximum absolute atomic E-state index is 10.5. The third-order valence-electron chi connectivity index (χ3n) is 2.10. The SMILES string of the molecule is Nc1ccc(Oc2ncc([N+](=O)[O-])cc2Cl)cc1. The molecule has 0 aliphatic rings. The first-order chi connectivity index (χ1) is 8.56. The predicted octanol–water partition coefficient (Wildman–Crippen LogP) is 3.02. The number of ether oxygens (including phenoxy) is 1. The van der Waals surface area contributed by atoms with Gasteiger partial charge in [-0.15, -0.1) is 0 Å². The highest BCUT2D eigenvalue weighted by Gasteiger charge is 2.12. The van der Waals surface area contributed by atoms with Crippen molar-refractivity contribution in [2.24, 2.45) is 0 Å². The van der Waals surface area contributed by atoms with Crippen molar-refractivity contribution in [3.05, 3.63) is 51.7 Å². The van der Waals surface area contributed by atoms with E-state index in [1.807, 2.05) is 0 Å². The van der Waals surface area contributed by atoms with Crippen LogP contribution < -0.4 is 10.5 Å². The fourth-order valence-electron chi connectivity index (χ4n) is 1.24. The number of rotatable bonds is 3. The van der Waals surface area contributed by atoms with E-state index in [9.17, 15) is 10.1 Å². The first-order valence-corrected chi connectivity index (χ1v) is 5.27. The molecule has 0 aliphatic heterocycles. The van der Waals surface area contributed by atoms with Gasteiger partial charge in [-0.3, -0.25) is 10.1 Å². The number of nitrogens with two attached hydrogens (primary N) is 1. The molecule has 6 nitrogen and oxygen atoms in total. The van der Waals surface area contributed by atoms with Gasteiger partial charge in [0, 0.05) is 11.8 Å². The number of hydrogen-bond acceptors (Lipinski definition) is 5. The van der Waals surface area contributed by atoms with Crippen LogP contribution in [0.4, 0.5) is 11.4 Å². The van der Waals surface area contributed by atoms with Crippen molar-refractivity contribution in [2.75, 3.05) is 5.73 Å². The van der Waals surface area contributed by atoms with Gasteiger partial charge in [0.1, 0.15) is 17.0 Å². The fraction of sp³-hybridized carbons (Fsp3) is 0. The lowest BCUT2D eigenvalue weighted by Gasteiger charge is -2.06. The summed E-state index contributed by atoms with van der Waals surface area (Å²) in [5, 5.41) is 10.6. The lowest BCUT2D eigenvalue weighted by Crippen LogP contribution is -1.93. The summed E-state index contributed by atoms with van der Waals surface area (Å²) in [4.78, 5) is 13.7. The van der Waals surface area contributed by atoms with Crippen LogP contribution in [0.3, 0.4) is 0 Å². The molecule has 0 fully saturated rings. The molecule has 0 spiro atoms. The lowest BCUT2D eigenvalue weighted by molar-refractivity contribution is -0.385. The molecule has 0 unspecified atom stereocenters. The highest BCUT2D eigenvalue weighted by Crippen LogP contribution is 2.29. The molecule has 0 saturated heterocycles. The Labute approximate surface area is 107 Å². The number of halogens is 1. The molecule has 7 heteroatoms. The van der Waals surface area contributed by atoms with Crippen LogP contribution in [0.1, 0.15) is 0 Å². The third kappa shape index (κ3) is 2.67. The van der Waals surface area contributed by atoms with Crippen LogP contribution in [0.25, 0.3) is 0 Å². The van der Waals surface area contributed by atoms with Crippen LogP contribution in [0.15, 0.2) is 36.5 Å². The zero-order valence-electron chi connectivity index (χ0n) is 9.04. The van der Waals surface area contributed by atoms with Crippen LogP contribution in [-0.4, -0.2) is 9.91 Å². The smallest absolute Gasteiger partial charge is 0.289 e. The Balaban J connectivity index is 2.24. The summed E-state index contributed by atoms with van der Waals surface area (Å²) < 4.78 is 5.38. The van der Waals surface area contributed by atoms with Crippen LogP contribution in [0, 0.1) is 10.1 Å². The quantitative estimate of drug-likeness (QED) is 0.523. The van der Waals surface area contributed by atoms with Crippen molar-refractivity contribution in [1.29, 1.82) is 0 Å². The summed E-state index contributed by atoms with van der Waals surface area (Å²) in [6, 6.07) is 7.80. The van der Waals surface area contributed by atoms with Gasteiger partial charge in [-0.25, -0.2) is 4.98 Å². The minimum Gasteiger partial charge on any atom is -0.438 e. The van der Waals surface area contributed by atoms with Gasteiger partial charge in [-0.05, 0) is 24.3 Å². The van der Waals surface area contributed by atoms with E-state index < -0.39 is 4.92 Å².